The summed E-state index contributed by atoms with van der Waals surface area (Å²) in [6.45, 7) is 3.53. The molecule has 1 aromatic carbocycles. The number of hydrogen-bond acceptors (Lipinski definition) is 5. The molecule has 0 spiro atoms. The van der Waals surface area contributed by atoms with Gasteiger partial charge in [0.2, 0.25) is 0 Å². The average Bonchev–Trinajstić information content (AvgIpc) is 2.66. The molecule has 0 bridgehead atoms. The van der Waals surface area contributed by atoms with Crippen LogP contribution >= 0.6 is 0 Å². The van der Waals surface area contributed by atoms with E-state index in [9.17, 15) is 22.8 Å². The summed E-state index contributed by atoms with van der Waals surface area (Å²) < 4.78 is 45.4. The second kappa shape index (κ2) is 14.0. The number of alkyl halides is 3. The van der Waals surface area contributed by atoms with Crippen molar-refractivity contribution in [1.29, 1.82) is 0 Å². The maximum Gasteiger partial charge on any atom is 0.491 e. The Labute approximate surface area is 170 Å². The molecule has 0 aliphatic heterocycles. The van der Waals surface area contributed by atoms with Crippen molar-refractivity contribution in [3.05, 3.63) is 29.8 Å². The Balaban J connectivity index is 2.16. The first kappa shape index (κ1) is 24.9. The third kappa shape index (κ3) is 12.2. The number of nitrogens with one attached hydrogen (secondary N) is 1. The summed E-state index contributed by atoms with van der Waals surface area (Å²) >= 11 is 0. The molecule has 0 amide bonds. The van der Waals surface area contributed by atoms with E-state index in [0.29, 0.717) is 19.6 Å². The summed E-state index contributed by atoms with van der Waals surface area (Å²) in [6.07, 6.45) is 2.42. The first-order valence-electron chi connectivity index (χ1n) is 10.1. The van der Waals surface area contributed by atoms with Crippen molar-refractivity contribution in [3.8, 4) is 5.75 Å². The Morgan fingerprint density at radius 2 is 1.76 bits per heavy atom. The molecule has 0 radical (unpaired) electrons. The molecule has 1 N–H and O–H groups in total. The van der Waals surface area contributed by atoms with Crippen LogP contribution in [0, 0.1) is 0 Å². The molecule has 5 nitrogen and oxygen atoms in total. The van der Waals surface area contributed by atoms with Crippen molar-refractivity contribution >= 4 is 11.9 Å². The molecule has 0 heterocycles. The van der Waals surface area contributed by atoms with Crippen molar-refractivity contribution in [3.63, 3.8) is 0 Å². The van der Waals surface area contributed by atoms with E-state index in [1.165, 1.54) is 32.1 Å². The van der Waals surface area contributed by atoms with E-state index in [4.69, 9.17) is 4.74 Å². The van der Waals surface area contributed by atoms with Crippen molar-refractivity contribution in [1.82, 2.24) is 5.32 Å². The lowest BCUT2D eigenvalue weighted by atomic mass is 10.1. The SMILES string of the molecule is CCCCCCCCOc1cccc(CCNCCC(=O)OC(=O)C(F)(F)F)c1. The van der Waals surface area contributed by atoms with Crippen LogP contribution in [0.1, 0.15) is 57.4 Å². The van der Waals surface area contributed by atoms with Gasteiger partial charge in [0.1, 0.15) is 5.75 Å². The number of ether oxygens (including phenoxy) is 2. The maximum absolute atomic E-state index is 12.0. The predicted octanol–water partition coefficient (Wildman–Crippen LogP) is 4.58. The van der Waals surface area contributed by atoms with Crippen LogP contribution in [0.5, 0.6) is 5.75 Å². The molecule has 0 atom stereocenters. The Kier molecular flexibility index (Phi) is 12.0. The summed E-state index contributed by atoms with van der Waals surface area (Å²) in [5.41, 5.74) is 1.05. The van der Waals surface area contributed by atoms with Crippen LogP contribution in [0.3, 0.4) is 0 Å². The second-order valence-electron chi connectivity index (χ2n) is 6.77. The normalized spacial score (nSPS) is 11.3. The van der Waals surface area contributed by atoms with E-state index < -0.39 is 18.1 Å². The largest absolute Gasteiger partial charge is 0.494 e. The molecule has 1 rings (SSSR count). The van der Waals surface area contributed by atoms with Crippen LogP contribution in [-0.4, -0.2) is 37.8 Å². The number of rotatable bonds is 14. The third-order valence-electron chi connectivity index (χ3n) is 4.20. The predicted molar refractivity (Wildman–Crippen MR) is 104 cm³/mol. The summed E-state index contributed by atoms with van der Waals surface area (Å²) in [4.78, 5) is 21.7. The van der Waals surface area contributed by atoms with E-state index in [2.05, 4.69) is 17.0 Å². The molecule has 0 saturated heterocycles. The van der Waals surface area contributed by atoms with Crippen molar-refractivity contribution in [2.45, 2.75) is 64.5 Å². The fraction of sp³-hybridized carbons (Fsp3) is 0.619. The molecule has 0 aliphatic carbocycles. The maximum atomic E-state index is 12.0. The summed E-state index contributed by atoms with van der Waals surface area (Å²) in [5, 5.41) is 2.94. The van der Waals surface area contributed by atoms with Gasteiger partial charge in [-0.2, -0.15) is 13.2 Å². The molecule has 0 fully saturated rings. The van der Waals surface area contributed by atoms with Gasteiger partial charge in [0, 0.05) is 6.54 Å². The Bertz CT molecular complexity index is 620. The highest BCUT2D eigenvalue weighted by molar-refractivity contribution is 5.88. The highest BCUT2D eigenvalue weighted by Gasteiger charge is 2.42. The van der Waals surface area contributed by atoms with Gasteiger partial charge in [-0.15, -0.1) is 0 Å². The van der Waals surface area contributed by atoms with E-state index in [-0.39, 0.29) is 13.0 Å². The number of halogens is 3. The zero-order chi connectivity index (χ0) is 21.5. The van der Waals surface area contributed by atoms with Gasteiger partial charge in [-0.25, -0.2) is 4.79 Å². The number of unbranched alkanes of at least 4 members (excludes halogenated alkanes) is 5. The van der Waals surface area contributed by atoms with Crippen molar-refractivity contribution < 1.29 is 32.2 Å². The first-order chi connectivity index (χ1) is 13.8. The van der Waals surface area contributed by atoms with Crippen LogP contribution in [0.25, 0.3) is 0 Å². The molecule has 1 aromatic rings. The molecule has 29 heavy (non-hydrogen) atoms. The molecular formula is C21H30F3NO4. The molecule has 8 heteroatoms. The highest BCUT2D eigenvalue weighted by Crippen LogP contribution is 2.17. The van der Waals surface area contributed by atoms with Crippen LogP contribution in [-0.2, 0) is 20.7 Å². The monoisotopic (exact) mass is 417 g/mol. The highest BCUT2D eigenvalue weighted by atomic mass is 19.4. The molecule has 0 unspecified atom stereocenters. The Morgan fingerprint density at radius 1 is 1.03 bits per heavy atom. The van der Waals surface area contributed by atoms with Gasteiger partial charge < -0.3 is 14.8 Å². The quantitative estimate of drug-likeness (QED) is 0.273. The average molecular weight is 417 g/mol. The van der Waals surface area contributed by atoms with Crippen molar-refractivity contribution in [2.24, 2.45) is 0 Å². The van der Waals surface area contributed by atoms with E-state index >= 15 is 0 Å². The summed E-state index contributed by atoms with van der Waals surface area (Å²) in [6, 6.07) is 7.72. The van der Waals surface area contributed by atoms with Gasteiger partial charge in [-0.3, -0.25) is 4.79 Å². The summed E-state index contributed by atoms with van der Waals surface area (Å²) in [7, 11) is 0. The van der Waals surface area contributed by atoms with E-state index in [1.807, 2.05) is 24.3 Å². The van der Waals surface area contributed by atoms with Gasteiger partial charge >= 0.3 is 18.1 Å². The van der Waals surface area contributed by atoms with Gasteiger partial charge in [-0.1, -0.05) is 51.2 Å². The van der Waals surface area contributed by atoms with Crippen molar-refractivity contribution in [2.75, 3.05) is 19.7 Å². The zero-order valence-electron chi connectivity index (χ0n) is 16.9. The minimum Gasteiger partial charge on any atom is -0.494 e. The standard InChI is InChI=1S/C21H30F3NO4/c1-2-3-4-5-6-7-15-28-18-10-8-9-17(16-18)11-13-25-14-12-19(26)29-20(27)21(22,23)24/h8-10,16,25H,2-7,11-15H2,1H3. The lowest BCUT2D eigenvalue weighted by molar-refractivity contribution is -0.201. The number of benzene rings is 1. The van der Waals surface area contributed by atoms with E-state index in [1.54, 1.807) is 0 Å². The van der Waals surface area contributed by atoms with Gasteiger partial charge in [0.05, 0.1) is 13.0 Å². The van der Waals surface area contributed by atoms with Crippen LogP contribution in [0.2, 0.25) is 0 Å². The van der Waals surface area contributed by atoms with Gasteiger partial charge in [-0.05, 0) is 37.1 Å². The van der Waals surface area contributed by atoms with Crippen LogP contribution in [0.15, 0.2) is 24.3 Å². The number of hydrogen-bond donors (Lipinski definition) is 1. The second-order valence-corrected chi connectivity index (χ2v) is 6.77. The number of esters is 2. The minimum absolute atomic E-state index is 0.123. The molecule has 0 aromatic heterocycles. The van der Waals surface area contributed by atoms with Gasteiger partial charge in [0.15, 0.2) is 0 Å². The summed E-state index contributed by atoms with van der Waals surface area (Å²) in [5.74, 6) is -2.88. The molecule has 164 valence electrons. The third-order valence-corrected chi connectivity index (χ3v) is 4.20. The smallest absolute Gasteiger partial charge is 0.491 e. The lowest BCUT2D eigenvalue weighted by Crippen LogP contribution is -2.29. The Morgan fingerprint density at radius 3 is 2.48 bits per heavy atom. The lowest BCUT2D eigenvalue weighted by Gasteiger charge is -2.09. The fourth-order valence-corrected chi connectivity index (χ4v) is 2.62. The molecular weight excluding hydrogens is 387 g/mol. The first-order valence-corrected chi connectivity index (χ1v) is 10.1. The molecule has 0 saturated carbocycles. The van der Waals surface area contributed by atoms with Crippen LogP contribution in [0.4, 0.5) is 13.2 Å². The Hall–Kier alpha value is -2.09. The van der Waals surface area contributed by atoms with Crippen LogP contribution < -0.4 is 10.1 Å². The fourth-order valence-electron chi connectivity index (χ4n) is 2.62. The number of carbonyl (C=O) groups is 2. The number of carbonyl (C=O) groups excluding carboxylic acids is 2. The topological polar surface area (TPSA) is 64.6 Å². The molecule has 0 aliphatic rings. The van der Waals surface area contributed by atoms with E-state index in [0.717, 1.165) is 17.7 Å². The van der Waals surface area contributed by atoms with Gasteiger partial charge in [0.25, 0.3) is 0 Å². The minimum atomic E-state index is -5.16. The zero-order valence-corrected chi connectivity index (χ0v) is 16.9.